The van der Waals surface area contributed by atoms with E-state index < -0.39 is 12.4 Å². The monoisotopic (exact) mass is 432 g/mol. The molecule has 0 aliphatic rings. The first-order chi connectivity index (χ1) is 14.8. The summed E-state index contributed by atoms with van der Waals surface area (Å²) in [5.74, 6) is -0.0558. The zero-order chi connectivity index (χ0) is 22.3. The van der Waals surface area contributed by atoms with Crippen molar-refractivity contribution in [3.05, 3.63) is 66.2 Å². The molecule has 0 saturated carbocycles. The summed E-state index contributed by atoms with van der Waals surface area (Å²) < 4.78 is 45.6. The van der Waals surface area contributed by atoms with Crippen molar-refractivity contribution in [2.45, 2.75) is 13.3 Å². The Morgan fingerprint density at radius 2 is 1.68 bits per heavy atom. The number of halogens is 3. The molecule has 0 saturated heterocycles. The molecule has 1 heterocycles. The molecule has 3 aromatic rings. The van der Waals surface area contributed by atoms with E-state index in [1.165, 1.54) is 12.1 Å². The van der Waals surface area contributed by atoms with Gasteiger partial charge in [-0.3, -0.25) is 0 Å². The van der Waals surface area contributed by atoms with Crippen molar-refractivity contribution >= 4 is 11.7 Å². The number of benzene rings is 2. The van der Waals surface area contributed by atoms with Crippen LogP contribution in [-0.4, -0.2) is 35.7 Å². The summed E-state index contributed by atoms with van der Waals surface area (Å²) in [7, 11) is 0. The highest BCUT2D eigenvalue weighted by Gasteiger charge is 2.30. The Balaban J connectivity index is 1.39. The fourth-order valence-electron chi connectivity index (χ4n) is 2.51. The number of aromatic nitrogens is 2. The number of aryl methyl sites for hydroxylation is 1. The van der Waals surface area contributed by atoms with Gasteiger partial charge < -0.3 is 20.1 Å². The zero-order valence-corrected chi connectivity index (χ0v) is 16.4. The molecule has 2 amide bonds. The number of urea groups is 1. The highest BCUT2D eigenvalue weighted by molar-refractivity contribution is 5.89. The third kappa shape index (κ3) is 7.18. The maximum absolute atomic E-state index is 12.1. The maximum Gasteiger partial charge on any atom is 0.573 e. The van der Waals surface area contributed by atoms with Crippen molar-refractivity contribution in [3.8, 4) is 22.9 Å². The number of anilines is 1. The number of hydrogen-bond acceptors (Lipinski definition) is 5. The van der Waals surface area contributed by atoms with Gasteiger partial charge in [0.15, 0.2) is 0 Å². The van der Waals surface area contributed by atoms with Gasteiger partial charge in [-0.1, -0.05) is 29.8 Å². The molecule has 0 aliphatic carbocycles. The first-order valence-corrected chi connectivity index (χ1v) is 9.23. The molecule has 0 atom stereocenters. The second kappa shape index (κ2) is 9.79. The summed E-state index contributed by atoms with van der Waals surface area (Å²) in [6.45, 7) is 2.34. The van der Waals surface area contributed by atoms with Crippen LogP contribution in [0.15, 0.2) is 60.7 Å². The van der Waals surface area contributed by atoms with Gasteiger partial charge >= 0.3 is 12.4 Å². The fraction of sp³-hybridized carbons (Fsp3) is 0.190. The number of carbonyl (C=O) groups excluding carboxylic acids is 1. The van der Waals surface area contributed by atoms with Gasteiger partial charge in [-0.05, 0) is 37.3 Å². The molecule has 0 spiro atoms. The molecule has 0 fully saturated rings. The summed E-state index contributed by atoms with van der Waals surface area (Å²) in [6.07, 6.45) is -4.77. The van der Waals surface area contributed by atoms with E-state index in [1.807, 2.05) is 31.2 Å². The van der Waals surface area contributed by atoms with Crippen molar-refractivity contribution < 1.29 is 27.4 Å². The number of ether oxygens (including phenoxy) is 2. The minimum atomic E-state index is -4.77. The van der Waals surface area contributed by atoms with Crippen LogP contribution in [0.5, 0.6) is 11.6 Å². The lowest BCUT2D eigenvalue weighted by Crippen LogP contribution is -2.32. The number of nitrogens with one attached hydrogen (secondary N) is 2. The summed E-state index contributed by atoms with van der Waals surface area (Å²) >= 11 is 0. The van der Waals surface area contributed by atoms with Gasteiger partial charge in [0.05, 0.1) is 12.2 Å². The Morgan fingerprint density at radius 1 is 0.968 bits per heavy atom. The van der Waals surface area contributed by atoms with Gasteiger partial charge in [-0.2, -0.15) is 0 Å². The van der Waals surface area contributed by atoms with Crippen LogP contribution in [0.3, 0.4) is 0 Å². The predicted octanol–water partition coefficient (Wildman–Crippen LogP) is 4.55. The quantitative estimate of drug-likeness (QED) is 0.535. The van der Waals surface area contributed by atoms with Crippen LogP contribution in [0, 0.1) is 6.92 Å². The van der Waals surface area contributed by atoms with E-state index >= 15 is 0 Å². The lowest BCUT2D eigenvalue weighted by molar-refractivity contribution is -0.274. The fourth-order valence-corrected chi connectivity index (χ4v) is 2.51. The lowest BCUT2D eigenvalue weighted by atomic mass is 10.1. The van der Waals surface area contributed by atoms with E-state index in [-0.39, 0.29) is 18.9 Å². The van der Waals surface area contributed by atoms with Crippen molar-refractivity contribution in [1.29, 1.82) is 0 Å². The molecule has 3 rings (SSSR count). The Hall–Kier alpha value is -3.82. The Kier molecular flexibility index (Phi) is 6.91. The molecule has 31 heavy (non-hydrogen) atoms. The van der Waals surface area contributed by atoms with E-state index in [0.717, 1.165) is 29.0 Å². The molecule has 0 aliphatic heterocycles. The topological polar surface area (TPSA) is 85.4 Å². The lowest BCUT2D eigenvalue weighted by Gasteiger charge is -2.11. The SMILES string of the molecule is Cc1ccc(-c2ccc(OCCNC(=O)Nc3ccc(OC(F)(F)F)cc3)nn2)cc1. The van der Waals surface area contributed by atoms with Gasteiger partial charge in [0, 0.05) is 17.3 Å². The number of amides is 2. The van der Waals surface area contributed by atoms with Crippen LogP contribution in [0.4, 0.5) is 23.7 Å². The van der Waals surface area contributed by atoms with Crippen LogP contribution >= 0.6 is 0 Å². The summed E-state index contributed by atoms with van der Waals surface area (Å²) in [5.41, 5.74) is 3.13. The summed E-state index contributed by atoms with van der Waals surface area (Å²) in [6, 6.07) is 15.6. The highest BCUT2D eigenvalue weighted by atomic mass is 19.4. The van der Waals surface area contributed by atoms with Crippen molar-refractivity contribution in [2.75, 3.05) is 18.5 Å². The maximum atomic E-state index is 12.1. The molecule has 0 unspecified atom stereocenters. The Bertz CT molecular complexity index is 992. The first-order valence-electron chi connectivity index (χ1n) is 9.23. The van der Waals surface area contributed by atoms with Gasteiger partial charge in [0.2, 0.25) is 5.88 Å². The molecule has 7 nitrogen and oxygen atoms in total. The molecular weight excluding hydrogens is 413 g/mol. The van der Waals surface area contributed by atoms with Crippen LogP contribution < -0.4 is 20.1 Å². The highest BCUT2D eigenvalue weighted by Crippen LogP contribution is 2.24. The first kappa shape index (κ1) is 21.9. The van der Waals surface area contributed by atoms with E-state index in [9.17, 15) is 18.0 Å². The molecule has 2 N–H and O–H groups in total. The third-order valence-corrected chi connectivity index (χ3v) is 3.97. The van der Waals surface area contributed by atoms with Crippen molar-refractivity contribution in [2.24, 2.45) is 0 Å². The van der Waals surface area contributed by atoms with Crippen LogP contribution in [-0.2, 0) is 0 Å². The average Bonchev–Trinajstić information content (AvgIpc) is 2.73. The largest absolute Gasteiger partial charge is 0.573 e. The van der Waals surface area contributed by atoms with E-state index in [0.29, 0.717) is 11.6 Å². The normalized spacial score (nSPS) is 11.0. The number of carbonyl (C=O) groups is 1. The predicted molar refractivity (Wildman–Crippen MR) is 108 cm³/mol. The van der Waals surface area contributed by atoms with E-state index in [2.05, 4.69) is 25.6 Å². The number of nitrogens with zero attached hydrogens (tertiary/aromatic N) is 2. The van der Waals surface area contributed by atoms with Crippen LogP contribution in [0.25, 0.3) is 11.3 Å². The van der Waals surface area contributed by atoms with Gasteiger partial charge in [0.25, 0.3) is 0 Å². The minimum absolute atomic E-state index is 0.157. The van der Waals surface area contributed by atoms with Crippen LogP contribution in [0.2, 0.25) is 0 Å². The van der Waals surface area contributed by atoms with Gasteiger partial charge in [-0.25, -0.2) is 4.79 Å². The number of rotatable bonds is 7. The van der Waals surface area contributed by atoms with Gasteiger partial charge in [0.1, 0.15) is 12.4 Å². The van der Waals surface area contributed by atoms with Crippen molar-refractivity contribution in [1.82, 2.24) is 15.5 Å². The second-order valence-electron chi connectivity index (χ2n) is 6.42. The van der Waals surface area contributed by atoms with Crippen LogP contribution in [0.1, 0.15) is 5.56 Å². The minimum Gasteiger partial charge on any atom is -0.475 e. The molecule has 0 radical (unpaired) electrons. The third-order valence-electron chi connectivity index (χ3n) is 3.97. The Morgan fingerprint density at radius 3 is 2.29 bits per heavy atom. The number of alkyl halides is 3. The Labute approximate surface area is 176 Å². The summed E-state index contributed by atoms with van der Waals surface area (Å²) in [5, 5.41) is 13.2. The molecule has 1 aromatic heterocycles. The summed E-state index contributed by atoms with van der Waals surface area (Å²) in [4.78, 5) is 11.8. The van der Waals surface area contributed by atoms with Gasteiger partial charge in [-0.15, -0.1) is 23.4 Å². The van der Waals surface area contributed by atoms with E-state index in [4.69, 9.17) is 4.74 Å². The molecule has 0 bridgehead atoms. The van der Waals surface area contributed by atoms with E-state index in [1.54, 1.807) is 12.1 Å². The molecule has 162 valence electrons. The molecule has 10 heteroatoms. The molecular formula is C21H19F3N4O3. The number of hydrogen-bond donors (Lipinski definition) is 2. The smallest absolute Gasteiger partial charge is 0.475 e. The van der Waals surface area contributed by atoms with Crippen molar-refractivity contribution in [3.63, 3.8) is 0 Å². The second-order valence-corrected chi connectivity index (χ2v) is 6.42. The molecule has 2 aromatic carbocycles. The standard InChI is InChI=1S/C21H19F3N4O3/c1-14-2-4-15(5-3-14)18-10-11-19(28-27-18)30-13-12-25-20(29)26-16-6-8-17(9-7-16)31-21(22,23)24/h2-11H,12-13H2,1H3,(H2,25,26,29). The zero-order valence-electron chi connectivity index (χ0n) is 16.4. The average molecular weight is 432 g/mol.